The number of hydrogen-bond donors (Lipinski definition) is 1. The Morgan fingerprint density at radius 2 is 2.10 bits per heavy atom. The van der Waals surface area contributed by atoms with E-state index >= 15 is 0 Å². The van der Waals surface area contributed by atoms with Gasteiger partial charge in [-0.05, 0) is 20.8 Å². The molecule has 1 aromatic rings. The third-order valence-electron chi connectivity index (χ3n) is 3.56. The van der Waals surface area contributed by atoms with E-state index in [2.05, 4.69) is 9.97 Å². The van der Waals surface area contributed by atoms with Crippen molar-refractivity contribution in [3.05, 3.63) is 17.7 Å². The van der Waals surface area contributed by atoms with Crippen LogP contribution >= 0.6 is 0 Å². The molecule has 1 amide bonds. The number of nitrogens with one attached hydrogen (secondary N) is 1. The molecule has 0 atom stereocenters. The number of rotatable bonds is 2. The second-order valence-corrected chi connectivity index (χ2v) is 5.98. The van der Waals surface area contributed by atoms with E-state index in [1.165, 1.54) is 11.1 Å². The van der Waals surface area contributed by atoms with Gasteiger partial charge in [-0.2, -0.15) is 13.2 Å². The van der Waals surface area contributed by atoms with Crippen LogP contribution in [0, 0.1) is 6.92 Å². The first-order valence-electron chi connectivity index (χ1n) is 6.71. The Kier molecular flexibility index (Phi) is 4.01. The van der Waals surface area contributed by atoms with Gasteiger partial charge in [-0.25, -0.2) is 4.98 Å². The van der Waals surface area contributed by atoms with E-state index in [1.807, 2.05) is 0 Å². The van der Waals surface area contributed by atoms with E-state index in [0.29, 0.717) is 11.5 Å². The van der Waals surface area contributed by atoms with E-state index in [1.54, 1.807) is 25.7 Å². The molecule has 1 N–H and O–H groups in total. The molecule has 1 aliphatic heterocycles. The molecule has 0 aliphatic carbocycles. The first-order valence-corrected chi connectivity index (χ1v) is 6.71. The van der Waals surface area contributed by atoms with E-state index in [0.717, 1.165) is 0 Å². The van der Waals surface area contributed by atoms with Crippen LogP contribution in [-0.4, -0.2) is 63.6 Å². The number of nitrogens with zero attached hydrogens (tertiary/aromatic N) is 3. The van der Waals surface area contributed by atoms with Crippen LogP contribution < -0.4 is 0 Å². The minimum absolute atomic E-state index is 0.186. The molecule has 0 unspecified atom stereocenters. The summed E-state index contributed by atoms with van der Waals surface area (Å²) in [4.78, 5) is 22.2. The average molecular weight is 304 g/mol. The number of aromatic amines is 1. The number of piperazine rings is 1. The fourth-order valence-corrected chi connectivity index (χ4v) is 2.70. The Labute approximate surface area is 121 Å². The van der Waals surface area contributed by atoms with Gasteiger partial charge in [0.15, 0.2) is 0 Å². The first kappa shape index (κ1) is 15.8. The zero-order chi connectivity index (χ0) is 15.8. The van der Waals surface area contributed by atoms with Gasteiger partial charge in [-0.1, -0.05) is 0 Å². The van der Waals surface area contributed by atoms with Gasteiger partial charge >= 0.3 is 6.18 Å². The van der Waals surface area contributed by atoms with Crippen molar-refractivity contribution in [3.8, 4) is 0 Å². The highest BCUT2D eigenvalue weighted by molar-refractivity contribution is 5.92. The molecule has 1 fully saturated rings. The topological polar surface area (TPSA) is 52.2 Å². The Balaban J connectivity index is 2.08. The van der Waals surface area contributed by atoms with E-state index in [4.69, 9.17) is 0 Å². The van der Waals surface area contributed by atoms with Gasteiger partial charge in [0.1, 0.15) is 11.5 Å². The summed E-state index contributed by atoms with van der Waals surface area (Å²) in [5.41, 5.74) is -0.301. The zero-order valence-electron chi connectivity index (χ0n) is 12.3. The van der Waals surface area contributed by atoms with Crippen molar-refractivity contribution in [1.82, 2.24) is 19.8 Å². The molecule has 1 aromatic heterocycles. The second-order valence-electron chi connectivity index (χ2n) is 5.98. The van der Waals surface area contributed by atoms with Crippen LogP contribution in [0.25, 0.3) is 0 Å². The SMILES string of the molecule is Cc1ncc(C(=O)N2CCN(CC(F)(F)F)CC2(C)C)[nH]1. The molecule has 0 aromatic carbocycles. The highest BCUT2D eigenvalue weighted by Gasteiger charge is 2.41. The smallest absolute Gasteiger partial charge is 0.338 e. The molecule has 2 rings (SSSR count). The van der Waals surface area contributed by atoms with E-state index in [-0.39, 0.29) is 25.5 Å². The van der Waals surface area contributed by atoms with Crippen molar-refractivity contribution in [2.75, 3.05) is 26.2 Å². The molecule has 118 valence electrons. The summed E-state index contributed by atoms with van der Waals surface area (Å²) in [5, 5.41) is 0. The summed E-state index contributed by atoms with van der Waals surface area (Å²) in [6, 6.07) is 0. The van der Waals surface area contributed by atoms with Crippen molar-refractivity contribution in [2.45, 2.75) is 32.5 Å². The predicted octanol–water partition coefficient (Wildman–Crippen LogP) is 1.82. The lowest BCUT2D eigenvalue weighted by molar-refractivity contribution is -0.153. The minimum Gasteiger partial charge on any atom is -0.338 e. The van der Waals surface area contributed by atoms with Crippen molar-refractivity contribution in [1.29, 1.82) is 0 Å². The van der Waals surface area contributed by atoms with Crippen molar-refractivity contribution < 1.29 is 18.0 Å². The maximum absolute atomic E-state index is 12.5. The Morgan fingerprint density at radius 1 is 1.43 bits per heavy atom. The number of amides is 1. The predicted molar refractivity (Wildman–Crippen MR) is 70.9 cm³/mol. The maximum atomic E-state index is 12.5. The van der Waals surface area contributed by atoms with Gasteiger partial charge < -0.3 is 9.88 Å². The molecule has 5 nitrogen and oxygen atoms in total. The lowest BCUT2D eigenvalue weighted by Crippen LogP contribution is -2.62. The Hall–Kier alpha value is -1.57. The standard InChI is InChI=1S/C13H19F3N4O/c1-9-17-6-10(18-9)11(21)20-5-4-19(7-12(20,2)3)8-13(14,15)16/h6H,4-5,7-8H2,1-3H3,(H,17,18). The lowest BCUT2D eigenvalue weighted by atomic mass is 9.98. The highest BCUT2D eigenvalue weighted by Crippen LogP contribution is 2.25. The Bertz CT molecular complexity index is 524. The molecule has 21 heavy (non-hydrogen) atoms. The summed E-state index contributed by atoms with van der Waals surface area (Å²) < 4.78 is 37.4. The fraction of sp³-hybridized carbons (Fsp3) is 0.692. The van der Waals surface area contributed by atoms with Crippen LogP contribution in [0.15, 0.2) is 6.20 Å². The lowest BCUT2D eigenvalue weighted by Gasteiger charge is -2.47. The number of hydrogen-bond acceptors (Lipinski definition) is 3. The molecule has 0 bridgehead atoms. The van der Waals surface area contributed by atoms with Crippen LogP contribution in [-0.2, 0) is 0 Å². The molecule has 2 heterocycles. The molecule has 0 radical (unpaired) electrons. The molecule has 1 aliphatic rings. The molecule has 8 heteroatoms. The number of alkyl halides is 3. The van der Waals surface area contributed by atoms with Gasteiger partial charge in [-0.3, -0.25) is 9.69 Å². The zero-order valence-corrected chi connectivity index (χ0v) is 12.3. The van der Waals surface area contributed by atoms with Gasteiger partial charge in [0, 0.05) is 19.6 Å². The van der Waals surface area contributed by atoms with Gasteiger partial charge in [0.2, 0.25) is 0 Å². The fourth-order valence-electron chi connectivity index (χ4n) is 2.70. The third-order valence-corrected chi connectivity index (χ3v) is 3.56. The van der Waals surface area contributed by atoms with Crippen molar-refractivity contribution >= 4 is 5.91 Å². The molecule has 1 saturated heterocycles. The highest BCUT2D eigenvalue weighted by atomic mass is 19.4. The normalized spacial score (nSPS) is 19.8. The number of aryl methyl sites for hydroxylation is 1. The van der Waals surface area contributed by atoms with Crippen LogP contribution in [0.2, 0.25) is 0 Å². The quantitative estimate of drug-likeness (QED) is 0.907. The number of halogens is 3. The largest absolute Gasteiger partial charge is 0.401 e. The van der Waals surface area contributed by atoms with Crippen LogP contribution in [0.5, 0.6) is 0 Å². The molecular formula is C13H19F3N4O. The van der Waals surface area contributed by atoms with E-state index < -0.39 is 18.3 Å². The average Bonchev–Trinajstić information content (AvgIpc) is 2.71. The number of aromatic nitrogens is 2. The van der Waals surface area contributed by atoms with Gasteiger partial charge in [0.25, 0.3) is 5.91 Å². The third kappa shape index (κ3) is 3.75. The van der Waals surface area contributed by atoms with Gasteiger partial charge in [0.05, 0.1) is 18.3 Å². The maximum Gasteiger partial charge on any atom is 0.401 e. The van der Waals surface area contributed by atoms with E-state index in [9.17, 15) is 18.0 Å². The number of carbonyl (C=O) groups excluding carboxylic acids is 1. The molecule has 0 spiro atoms. The summed E-state index contributed by atoms with van der Waals surface area (Å²) in [6.07, 6.45) is -2.77. The summed E-state index contributed by atoms with van der Waals surface area (Å²) in [5.74, 6) is 0.402. The molecule has 0 saturated carbocycles. The summed E-state index contributed by atoms with van der Waals surface area (Å²) in [7, 11) is 0. The monoisotopic (exact) mass is 304 g/mol. The number of H-pyrrole nitrogens is 1. The van der Waals surface area contributed by atoms with Gasteiger partial charge in [-0.15, -0.1) is 0 Å². The summed E-state index contributed by atoms with van der Waals surface area (Å²) >= 11 is 0. The number of carbonyl (C=O) groups is 1. The van der Waals surface area contributed by atoms with Crippen LogP contribution in [0.3, 0.4) is 0 Å². The minimum atomic E-state index is -4.22. The second kappa shape index (κ2) is 5.32. The van der Waals surface area contributed by atoms with Crippen LogP contribution in [0.1, 0.15) is 30.2 Å². The van der Waals surface area contributed by atoms with Crippen molar-refractivity contribution in [3.63, 3.8) is 0 Å². The van der Waals surface area contributed by atoms with Crippen molar-refractivity contribution in [2.24, 2.45) is 0 Å². The molecular weight excluding hydrogens is 285 g/mol. The number of imidazole rings is 1. The Morgan fingerprint density at radius 3 is 2.57 bits per heavy atom. The van der Waals surface area contributed by atoms with Crippen LogP contribution in [0.4, 0.5) is 13.2 Å². The summed E-state index contributed by atoms with van der Waals surface area (Å²) in [6.45, 7) is 5.01. The first-order chi connectivity index (χ1) is 9.58.